The molecule has 0 fully saturated rings. The van der Waals surface area contributed by atoms with Gasteiger partial charge in [-0.05, 0) is 73.2 Å². The highest BCUT2D eigenvalue weighted by Gasteiger charge is 2.35. The van der Waals surface area contributed by atoms with Gasteiger partial charge in [0.1, 0.15) is 0 Å². The standard InChI is InChI=1S/C26H16ClOP/c27-29(28)25-12-6-5-11-21(25)23-15-18-8-1-2-9-19(18)16-24(23)22-14-13-17-7-3-4-10-20(17)26(22)29/h1-16H. The van der Waals surface area contributed by atoms with Crippen LogP contribution in [0.3, 0.4) is 0 Å². The van der Waals surface area contributed by atoms with Crippen LogP contribution in [0.5, 0.6) is 0 Å². The Kier molecular flexibility index (Phi) is 3.56. The van der Waals surface area contributed by atoms with E-state index in [4.69, 9.17) is 11.2 Å². The van der Waals surface area contributed by atoms with Crippen molar-refractivity contribution in [3.05, 3.63) is 97.1 Å². The van der Waals surface area contributed by atoms with Crippen LogP contribution >= 0.6 is 17.7 Å². The largest absolute Gasteiger partial charge is 0.296 e. The van der Waals surface area contributed by atoms with Gasteiger partial charge in [0.15, 0.2) is 0 Å². The van der Waals surface area contributed by atoms with Crippen LogP contribution in [0.15, 0.2) is 97.1 Å². The van der Waals surface area contributed by atoms with Gasteiger partial charge in [-0.2, -0.15) is 0 Å². The van der Waals surface area contributed by atoms with E-state index < -0.39 is 6.49 Å². The third kappa shape index (κ3) is 2.38. The van der Waals surface area contributed by atoms with Gasteiger partial charge in [0.05, 0.1) is 0 Å². The Bertz CT molecular complexity index is 1500. The Balaban J connectivity index is 1.88. The molecule has 0 radical (unpaired) electrons. The van der Waals surface area contributed by atoms with E-state index in [1.165, 1.54) is 0 Å². The van der Waals surface area contributed by atoms with Crippen LogP contribution in [0.25, 0.3) is 43.8 Å². The smallest absolute Gasteiger partial charge is 0.227 e. The molecule has 0 spiro atoms. The number of benzene rings is 5. The fourth-order valence-electron chi connectivity index (χ4n) is 4.54. The molecule has 0 aromatic heterocycles. The first-order valence-corrected chi connectivity index (χ1v) is 12.2. The van der Waals surface area contributed by atoms with Crippen molar-refractivity contribution in [3.8, 4) is 22.3 Å². The molecule has 138 valence electrons. The Morgan fingerprint density at radius 3 is 1.90 bits per heavy atom. The van der Waals surface area contributed by atoms with E-state index in [0.29, 0.717) is 5.30 Å². The summed E-state index contributed by atoms with van der Waals surface area (Å²) in [6.07, 6.45) is 0. The van der Waals surface area contributed by atoms with E-state index in [9.17, 15) is 4.57 Å². The molecule has 0 amide bonds. The van der Waals surface area contributed by atoms with Gasteiger partial charge in [-0.1, -0.05) is 78.9 Å². The van der Waals surface area contributed by atoms with Gasteiger partial charge >= 0.3 is 0 Å². The quantitative estimate of drug-likeness (QED) is 0.249. The maximum absolute atomic E-state index is 14.2. The summed E-state index contributed by atoms with van der Waals surface area (Å²) in [5.74, 6) is 0. The summed E-state index contributed by atoms with van der Waals surface area (Å²) in [6.45, 7) is -3.33. The van der Waals surface area contributed by atoms with Crippen LogP contribution in [0.1, 0.15) is 0 Å². The molecule has 1 nitrogen and oxygen atoms in total. The second-order valence-corrected chi connectivity index (χ2v) is 10.9. The maximum atomic E-state index is 14.2. The van der Waals surface area contributed by atoms with E-state index in [-0.39, 0.29) is 0 Å². The highest BCUT2D eigenvalue weighted by atomic mass is 35.7. The van der Waals surface area contributed by atoms with Crippen molar-refractivity contribution >= 4 is 49.9 Å². The monoisotopic (exact) mass is 410 g/mol. The zero-order valence-corrected chi connectivity index (χ0v) is 17.1. The van der Waals surface area contributed by atoms with Gasteiger partial charge in [-0.15, -0.1) is 0 Å². The molecule has 1 aliphatic rings. The van der Waals surface area contributed by atoms with Crippen molar-refractivity contribution < 1.29 is 4.57 Å². The number of halogens is 1. The van der Waals surface area contributed by atoms with Crippen LogP contribution in [-0.2, 0) is 4.57 Å². The lowest BCUT2D eigenvalue weighted by atomic mass is 9.90. The molecule has 0 aliphatic carbocycles. The Hall–Kier alpha value is -2.86. The molecular weight excluding hydrogens is 395 g/mol. The lowest BCUT2D eigenvalue weighted by Gasteiger charge is -2.17. The maximum Gasteiger partial charge on any atom is 0.227 e. The second kappa shape index (κ2) is 6.07. The SMILES string of the molecule is O=P1(Cl)c2ccccc2-c2cc3ccccc3cc2-c2ccc3ccccc3c21. The van der Waals surface area contributed by atoms with E-state index in [1.807, 2.05) is 60.7 Å². The summed E-state index contributed by atoms with van der Waals surface area (Å²) in [5, 5.41) is 5.80. The molecule has 0 saturated carbocycles. The normalized spacial score (nSPS) is 17.4. The average molecular weight is 411 g/mol. The first kappa shape index (κ1) is 17.0. The van der Waals surface area contributed by atoms with Crippen molar-refractivity contribution in [2.45, 2.75) is 0 Å². The fourth-order valence-corrected chi connectivity index (χ4v) is 7.57. The number of hydrogen-bond donors (Lipinski definition) is 0. The van der Waals surface area contributed by atoms with Crippen molar-refractivity contribution in [2.75, 3.05) is 0 Å². The fraction of sp³-hybridized carbons (Fsp3) is 0. The van der Waals surface area contributed by atoms with Crippen molar-refractivity contribution in [3.63, 3.8) is 0 Å². The van der Waals surface area contributed by atoms with Gasteiger partial charge in [-0.25, -0.2) is 0 Å². The summed E-state index contributed by atoms with van der Waals surface area (Å²) in [6, 6.07) is 32.8. The molecule has 0 N–H and O–H groups in total. The molecule has 29 heavy (non-hydrogen) atoms. The van der Waals surface area contributed by atoms with Crippen molar-refractivity contribution in [2.24, 2.45) is 0 Å². The van der Waals surface area contributed by atoms with Gasteiger partial charge in [-0.3, -0.25) is 4.57 Å². The highest BCUT2D eigenvalue weighted by Crippen LogP contribution is 2.57. The van der Waals surface area contributed by atoms with Crippen LogP contribution in [-0.4, -0.2) is 0 Å². The summed E-state index contributed by atoms with van der Waals surface area (Å²) in [4.78, 5) is 0. The van der Waals surface area contributed by atoms with E-state index in [0.717, 1.165) is 49.1 Å². The Labute approximate surface area is 173 Å². The Morgan fingerprint density at radius 2 is 1.14 bits per heavy atom. The molecule has 5 aromatic rings. The van der Waals surface area contributed by atoms with E-state index in [2.05, 4.69) is 36.4 Å². The van der Waals surface area contributed by atoms with E-state index >= 15 is 0 Å². The molecule has 1 unspecified atom stereocenters. The average Bonchev–Trinajstić information content (AvgIpc) is 2.84. The van der Waals surface area contributed by atoms with Crippen molar-refractivity contribution in [1.29, 1.82) is 0 Å². The summed E-state index contributed by atoms with van der Waals surface area (Å²) >= 11 is 6.99. The van der Waals surface area contributed by atoms with Crippen LogP contribution < -0.4 is 10.6 Å². The highest BCUT2D eigenvalue weighted by molar-refractivity contribution is 8.01. The molecule has 5 aromatic carbocycles. The second-order valence-electron chi connectivity index (χ2n) is 7.48. The molecular formula is C26H16ClOP. The molecule has 0 saturated heterocycles. The number of fused-ring (bicyclic) bond motifs is 8. The zero-order valence-electron chi connectivity index (χ0n) is 15.5. The minimum absolute atomic E-state index is 0.716. The topological polar surface area (TPSA) is 17.1 Å². The first-order chi connectivity index (χ1) is 14.1. The minimum atomic E-state index is -3.33. The number of rotatable bonds is 0. The van der Waals surface area contributed by atoms with Crippen LogP contribution in [0.2, 0.25) is 0 Å². The van der Waals surface area contributed by atoms with Crippen LogP contribution in [0.4, 0.5) is 0 Å². The third-order valence-corrected chi connectivity index (χ3v) is 8.99. The first-order valence-electron chi connectivity index (χ1n) is 9.60. The molecule has 0 bridgehead atoms. The van der Waals surface area contributed by atoms with Gasteiger partial charge < -0.3 is 0 Å². The zero-order chi connectivity index (χ0) is 19.6. The Morgan fingerprint density at radius 1 is 0.552 bits per heavy atom. The summed E-state index contributed by atoms with van der Waals surface area (Å²) in [7, 11) is 0. The van der Waals surface area contributed by atoms with E-state index in [1.54, 1.807) is 0 Å². The van der Waals surface area contributed by atoms with Gasteiger partial charge in [0.2, 0.25) is 6.49 Å². The predicted molar refractivity (Wildman–Crippen MR) is 125 cm³/mol. The molecule has 3 heteroatoms. The van der Waals surface area contributed by atoms with Gasteiger partial charge in [0.25, 0.3) is 0 Å². The molecule has 1 aliphatic heterocycles. The van der Waals surface area contributed by atoms with Gasteiger partial charge in [0, 0.05) is 10.6 Å². The summed E-state index contributed by atoms with van der Waals surface area (Å²) in [5.41, 5.74) is 4.07. The third-order valence-electron chi connectivity index (χ3n) is 5.87. The molecule has 6 rings (SSSR count). The lowest BCUT2D eigenvalue weighted by molar-refractivity contribution is 0.595. The molecule has 1 atom stereocenters. The van der Waals surface area contributed by atoms with Crippen molar-refractivity contribution in [1.82, 2.24) is 0 Å². The summed E-state index contributed by atoms with van der Waals surface area (Å²) < 4.78 is 14.2. The lowest BCUT2D eigenvalue weighted by Crippen LogP contribution is -2.15. The minimum Gasteiger partial charge on any atom is -0.296 e. The molecule has 1 heterocycles. The van der Waals surface area contributed by atoms with Crippen LogP contribution in [0, 0.1) is 0 Å². The number of hydrogen-bond acceptors (Lipinski definition) is 1. The predicted octanol–water partition coefficient (Wildman–Crippen LogP) is 7.11.